The fourth-order valence-electron chi connectivity index (χ4n) is 2.36. The zero-order chi connectivity index (χ0) is 14.0. The number of benzene rings is 2. The Morgan fingerprint density at radius 1 is 1.00 bits per heavy atom. The van der Waals surface area contributed by atoms with Crippen LogP contribution in [0.15, 0.2) is 59.5 Å². The molecule has 0 radical (unpaired) electrons. The molecule has 0 N–H and O–H groups in total. The Balaban J connectivity index is 1.72. The highest BCUT2D eigenvalue weighted by molar-refractivity contribution is 7.91. The molecule has 1 atom stereocenters. The quantitative estimate of drug-likeness (QED) is 0.806. The summed E-state index contributed by atoms with van der Waals surface area (Å²) >= 11 is -0.946. The van der Waals surface area contributed by atoms with Crippen molar-refractivity contribution in [2.45, 2.75) is 11.8 Å². The van der Waals surface area contributed by atoms with E-state index in [9.17, 15) is 4.55 Å². The van der Waals surface area contributed by atoms with E-state index in [0.717, 1.165) is 23.7 Å². The second-order valence-electron chi connectivity index (χ2n) is 5.68. The lowest BCUT2D eigenvalue weighted by molar-refractivity contribution is -0.0870. The predicted molar refractivity (Wildman–Crippen MR) is 82.1 cm³/mol. The molecule has 3 rings (SSSR count). The lowest BCUT2D eigenvalue weighted by Gasteiger charge is -2.37. The average Bonchev–Trinajstić information content (AvgIpc) is 2.47. The molecule has 1 saturated heterocycles. The van der Waals surface area contributed by atoms with Gasteiger partial charge in [-0.2, -0.15) is 0 Å². The molecule has 104 valence electrons. The van der Waals surface area contributed by atoms with Gasteiger partial charge in [0.1, 0.15) is 5.75 Å². The Kier molecular flexibility index (Phi) is 3.83. The van der Waals surface area contributed by atoms with Crippen LogP contribution in [0.25, 0.3) is 11.1 Å². The van der Waals surface area contributed by atoms with Crippen LogP contribution >= 0.6 is 0 Å². The number of hydrogen-bond donors (Lipinski definition) is 0. The van der Waals surface area contributed by atoms with Crippen LogP contribution in [0.1, 0.15) is 6.92 Å². The van der Waals surface area contributed by atoms with E-state index in [0.29, 0.717) is 5.75 Å². The van der Waals surface area contributed by atoms with Gasteiger partial charge in [-0.05, 0) is 46.6 Å². The van der Waals surface area contributed by atoms with Crippen molar-refractivity contribution < 1.29 is 9.29 Å². The Morgan fingerprint density at radius 3 is 2.15 bits per heavy atom. The first kappa shape index (κ1) is 13.7. The molecule has 2 nitrogen and oxygen atoms in total. The van der Waals surface area contributed by atoms with Crippen molar-refractivity contribution in [3.8, 4) is 11.1 Å². The predicted octanol–water partition coefficient (Wildman–Crippen LogP) is 3.50. The minimum Gasteiger partial charge on any atom is -0.611 e. The molecule has 0 aliphatic carbocycles. The van der Waals surface area contributed by atoms with Gasteiger partial charge in [0, 0.05) is 0 Å². The molecule has 0 amide bonds. The number of ether oxygens (including phenoxy) is 1. The first-order valence-corrected chi connectivity index (χ1v) is 8.10. The third-order valence-corrected chi connectivity index (χ3v) is 5.36. The highest BCUT2D eigenvalue weighted by atomic mass is 32.2. The summed E-state index contributed by atoms with van der Waals surface area (Å²) < 4.78 is 17.6. The van der Waals surface area contributed by atoms with E-state index in [-0.39, 0.29) is 5.41 Å². The molecule has 2 aromatic rings. The van der Waals surface area contributed by atoms with Gasteiger partial charge in [-0.15, -0.1) is 0 Å². The van der Waals surface area contributed by atoms with E-state index in [4.69, 9.17) is 4.74 Å². The van der Waals surface area contributed by atoms with Crippen LogP contribution in [-0.2, 0) is 15.9 Å². The van der Waals surface area contributed by atoms with Crippen LogP contribution in [0.3, 0.4) is 0 Å². The van der Waals surface area contributed by atoms with Crippen molar-refractivity contribution in [3.05, 3.63) is 54.6 Å². The van der Waals surface area contributed by atoms with Crippen molar-refractivity contribution in [1.82, 2.24) is 0 Å². The van der Waals surface area contributed by atoms with Crippen molar-refractivity contribution in [1.29, 1.82) is 0 Å². The van der Waals surface area contributed by atoms with E-state index < -0.39 is 11.2 Å². The zero-order valence-corrected chi connectivity index (χ0v) is 12.4. The summed E-state index contributed by atoms with van der Waals surface area (Å²) in [6.07, 6.45) is 0. The van der Waals surface area contributed by atoms with E-state index in [1.54, 1.807) is 0 Å². The van der Waals surface area contributed by atoms with Crippen LogP contribution in [0.4, 0.5) is 0 Å². The van der Waals surface area contributed by atoms with Crippen LogP contribution in [0.5, 0.6) is 0 Å². The second-order valence-corrected chi connectivity index (χ2v) is 7.13. The molecule has 1 unspecified atom stereocenters. The van der Waals surface area contributed by atoms with Crippen LogP contribution in [0.2, 0.25) is 0 Å². The summed E-state index contributed by atoms with van der Waals surface area (Å²) in [6, 6.07) is 18.3. The molecule has 1 fully saturated rings. The molecule has 0 spiro atoms. The van der Waals surface area contributed by atoms with E-state index >= 15 is 0 Å². The number of hydrogen-bond acceptors (Lipinski definition) is 2. The standard InChI is InChI=1S/C17H18O2S/c1-17(11-19-12-17)13-20(18)16-9-7-15(8-10-16)14-5-3-2-4-6-14/h2-10H,11-13H2,1H3. The summed E-state index contributed by atoms with van der Waals surface area (Å²) in [4.78, 5) is 0.901. The molecular weight excluding hydrogens is 268 g/mol. The maximum absolute atomic E-state index is 12.4. The summed E-state index contributed by atoms with van der Waals surface area (Å²) in [5.41, 5.74) is 2.43. The van der Waals surface area contributed by atoms with Crippen molar-refractivity contribution in [3.63, 3.8) is 0 Å². The van der Waals surface area contributed by atoms with Gasteiger partial charge in [-0.1, -0.05) is 37.3 Å². The molecule has 1 heterocycles. The minimum atomic E-state index is -0.946. The molecule has 1 aliphatic heterocycles. The molecule has 1 aliphatic rings. The third kappa shape index (κ3) is 2.90. The Morgan fingerprint density at radius 2 is 1.60 bits per heavy atom. The van der Waals surface area contributed by atoms with E-state index in [2.05, 4.69) is 19.1 Å². The minimum absolute atomic E-state index is 0.0863. The topological polar surface area (TPSA) is 32.3 Å². The van der Waals surface area contributed by atoms with Crippen LogP contribution in [0, 0.1) is 5.41 Å². The molecular formula is C17H18O2S. The summed E-state index contributed by atoms with van der Waals surface area (Å²) in [5.74, 6) is 0.678. The van der Waals surface area contributed by atoms with Gasteiger partial charge in [0.2, 0.25) is 0 Å². The molecule has 0 bridgehead atoms. The van der Waals surface area contributed by atoms with Gasteiger partial charge in [0.25, 0.3) is 0 Å². The summed E-state index contributed by atoms with van der Waals surface area (Å²) in [6.45, 7) is 3.58. The Labute approximate surface area is 123 Å². The highest BCUT2D eigenvalue weighted by Gasteiger charge is 2.38. The maximum atomic E-state index is 12.4. The number of rotatable bonds is 4. The van der Waals surface area contributed by atoms with Crippen molar-refractivity contribution in [2.24, 2.45) is 5.41 Å². The van der Waals surface area contributed by atoms with E-state index in [1.807, 2.05) is 42.5 Å². The second kappa shape index (κ2) is 5.60. The SMILES string of the molecule is CC1(C[S+]([O-])c2ccc(-c3ccccc3)cc2)COC1. The molecule has 0 aromatic heterocycles. The van der Waals surface area contributed by atoms with Crippen molar-refractivity contribution in [2.75, 3.05) is 19.0 Å². The zero-order valence-electron chi connectivity index (χ0n) is 11.5. The summed E-state index contributed by atoms with van der Waals surface area (Å²) in [7, 11) is 0. The van der Waals surface area contributed by atoms with Gasteiger partial charge in [0.05, 0.1) is 18.6 Å². The Hall–Kier alpha value is -1.29. The van der Waals surface area contributed by atoms with E-state index in [1.165, 1.54) is 5.56 Å². The van der Waals surface area contributed by atoms with Crippen LogP contribution in [-0.4, -0.2) is 23.5 Å². The third-order valence-electron chi connectivity index (χ3n) is 3.60. The normalized spacial score (nSPS) is 18.3. The molecule has 20 heavy (non-hydrogen) atoms. The maximum Gasteiger partial charge on any atom is 0.152 e. The van der Waals surface area contributed by atoms with Crippen LogP contribution < -0.4 is 0 Å². The fourth-order valence-corrected chi connectivity index (χ4v) is 3.77. The van der Waals surface area contributed by atoms with Gasteiger partial charge in [0.15, 0.2) is 4.90 Å². The smallest absolute Gasteiger partial charge is 0.152 e. The summed E-state index contributed by atoms with van der Waals surface area (Å²) in [5, 5.41) is 0. The largest absolute Gasteiger partial charge is 0.611 e. The average molecular weight is 286 g/mol. The first-order valence-electron chi connectivity index (χ1n) is 6.78. The molecule has 0 saturated carbocycles. The van der Waals surface area contributed by atoms with Gasteiger partial charge < -0.3 is 9.29 Å². The Bertz CT molecular complexity index is 561. The molecule has 2 aromatic carbocycles. The fraction of sp³-hybridized carbons (Fsp3) is 0.294. The first-order chi connectivity index (χ1) is 9.66. The van der Waals surface area contributed by atoms with Gasteiger partial charge in [-0.25, -0.2) is 0 Å². The monoisotopic (exact) mass is 286 g/mol. The lowest BCUT2D eigenvalue weighted by atomic mass is 9.92. The van der Waals surface area contributed by atoms with Crippen molar-refractivity contribution >= 4 is 11.2 Å². The van der Waals surface area contributed by atoms with Gasteiger partial charge in [-0.3, -0.25) is 0 Å². The highest BCUT2D eigenvalue weighted by Crippen LogP contribution is 2.31. The van der Waals surface area contributed by atoms with Gasteiger partial charge >= 0.3 is 0 Å². The molecule has 3 heteroatoms. The lowest BCUT2D eigenvalue weighted by Crippen LogP contribution is -2.45.